The molecule has 136 valence electrons. The maximum atomic E-state index is 5.58. The summed E-state index contributed by atoms with van der Waals surface area (Å²) in [5, 5.41) is 1.19. The second kappa shape index (κ2) is 7.55. The van der Waals surface area contributed by atoms with Crippen LogP contribution < -0.4 is 4.74 Å². The average molecular weight is 349 g/mol. The molecule has 2 aromatic carbocycles. The first kappa shape index (κ1) is 17.2. The molecule has 1 aromatic heterocycles. The van der Waals surface area contributed by atoms with E-state index in [0.717, 1.165) is 37.3 Å². The highest BCUT2D eigenvalue weighted by molar-refractivity contribution is 5.77. The van der Waals surface area contributed by atoms with E-state index in [1.165, 1.54) is 34.9 Å². The van der Waals surface area contributed by atoms with Gasteiger partial charge in [-0.1, -0.05) is 18.2 Å². The van der Waals surface area contributed by atoms with E-state index in [1.54, 1.807) is 13.4 Å². The number of fused-ring (bicyclic) bond motifs is 2. The monoisotopic (exact) mass is 349 g/mol. The Bertz CT molecular complexity index is 883. The molecule has 1 unspecified atom stereocenters. The summed E-state index contributed by atoms with van der Waals surface area (Å²) in [5.41, 5.74) is 5.25. The third kappa shape index (κ3) is 3.49. The molecular weight excluding hydrogens is 322 g/mol. The SMILES string of the molecule is COc1cccc2c1CCCC2CN(C)CCc1ccc2occc2c1. The first-order valence-corrected chi connectivity index (χ1v) is 9.55. The molecule has 0 saturated heterocycles. The van der Waals surface area contributed by atoms with Gasteiger partial charge in [-0.15, -0.1) is 0 Å². The van der Waals surface area contributed by atoms with Crippen LogP contribution in [0.5, 0.6) is 5.75 Å². The van der Waals surface area contributed by atoms with Crippen molar-refractivity contribution in [3.05, 3.63) is 65.4 Å². The van der Waals surface area contributed by atoms with Crippen molar-refractivity contribution in [2.24, 2.45) is 0 Å². The molecule has 4 rings (SSSR count). The van der Waals surface area contributed by atoms with Crippen molar-refractivity contribution in [1.29, 1.82) is 0 Å². The fraction of sp³-hybridized carbons (Fsp3) is 0.391. The number of hydrogen-bond donors (Lipinski definition) is 0. The van der Waals surface area contributed by atoms with Crippen molar-refractivity contribution in [2.45, 2.75) is 31.6 Å². The number of hydrogen-bond acceptors (Lipinski definition) is 3. The third-order valence-corrected chi connectivity index (χ3v) is 5.64. The fourth-order valence-corrected chi connectivity index (χ4v) is 4.25. The van der Waals surface area contributed by atoms with Gasteiger partial charge in [0.2, 0.25) is 0 Å². The Balaban J connectivity index is 1.40. The number of ether oxygens (including phenoxy) is 1. The lowest BCUT2D eigenvalue weighted by atomic mass is 9.82. The number of rotatable bonds is 6. The highest BCUT2D eigenvalue weighted by Crippen LogP contribution is 2.36. The zero-order valence-corrected chi connectivity index (χ0v) is 15.7. The van der Waals surface area contributed by atoms with Gasteiger partial charge in [0.1, 0.15) is 11.3 Å². The summed E-state index contributed by atoms with van der Waals surface area (Å²) in [7, 11) is 4.02. The minimum Gasteiger partial charge on any atom is -0.496 e. The summed E-state index contributed by atoms with van der Waals surface area (Å²) >= 11 is 0. The molecule has 0 aliphatic heterocycles. The normalized spacial score (nSPS) is 16.8. The van der Waals surface area contributed by atoms with Gasteiger partial charge in [0.15, 0.2) is 0 Å². The smallest absolute Gasteiger partial charge is 0.133 e. The van der Waals surface area contributed by atoms with Gasteiger partial charge in [-0.25, -0.2) is 0 Å². The second-order valence-electron chi connectivity index (χ2n) is 7.42. The number of benzene rings is 2. The van der Waals surface area contributed by atoms with Crippen LogP contribution in [0.2, 0.25) is 0 Å². The number of likely N-dealkylation sites (N-methyl/N-ethyl adjacent to an activating group) is 1. The fourth-order valence-electron chi connectivity index (χ4n) is 4.25. The number of furan rings is 1. The van der Waals surface area contributed by atoms with Crippen LogP contribution in [-0.2, 0) is 12.8 Å². The summed E-state index contributed by atoms with van der Waals surface area (Å²) < 4.78 is 11.0. The molecule has 0 amide bonds. The van der Waals surface area contributed by atoms with Gasteiger partial charge < -0.3 is 14.1 Å². The molecule has 0 N–H and O–H groups in total. The number of nitrogens with zero attached hydrogens (tertiary/aromatic N) is 1. The lowest BCUT2D eigenvalue weighted by Crippen LogP contribution is -2.28. The molecule has 1 aliphatic carbocycles. The maximum Gasteiger partial charge on any atom is 0.133 e. The van der Waals surface area contributed by atoms with Crippen molar-refractivity contribution >= 4 is 11.0 Å². The first-order chi connectivity index (χ1) is 12.7. The Morgan fingerprint density at radius 1 is 1.19 bits per heavy atom. The van der Waals surface area contributed by atoms with Gasteiger partial charge >= 0.3 is 0 Å². The van der Waals surface area contributed by atoms with Crippen LogP contribution in [0.15, 0.2) is 53.1 Å². The number of methoxy groups -OCH3 is 1. The molecule has 3 aromatic rings. The highest BCUT2D eigenvalue weighted by Gasteiger charge is 2.23. The predicted molar refractivity (Wildman–Crippen MR) is 106 cm³/mol. The molecule has 3 nitrogen and oxygen atoms in total. The van der Waals surface area contributed by atoms with Gasteiger partial charge in [-0.2, -0.15) is 0 Å². The topological polar surface area (TPSA) is 25.6 Å². The standard InChI is InChI=1S/C23H27NO2/c1-24(13-11-17-9-10-22-18(15-17)12-14-26-22)16-19-5-3-7-21-20(19)6-4-8-23(21)25-2/h4,6,8-10,12,14-15,19H,3,5,7,11,13,16H2,1-2H3. The lowest BCUT2D eigenvalue weighted by Gasteiger charge is -2.30. The molecule has 1 aliphatic rings. The van der Waals surface area contributed by atoms with Crippen molar-refractivity contribution in [2.75, 3.05) is 27.2 Å². The summed E-state index contributed by atoms with van der Waals surface area (Å²) in [6.07, 6.45) is 6.49. The Morgan fingerprint density at radius 2 is 2.12 bits per heavy atom. The van der Waals surface area contributed by atoms with Gasteiger partial charge in [-0.3, -0.25) is 0 Å². The third-order valence-electron chi connectivity index (χ3n) is 5.64. The van der Waals surface area contributed by atoms with E-state index in [4.69, 9.17) is 9.15 Å². The van der Waals surface area contributed by atoms with E-state index < -0.39 is 0 Å². The van der Waals surface area contributed by atoms with E-state index in [-0.39, 0.29) is 0 Å². The molecular formula is C23H27NO2. The van der Waals surface area contributed by atoms with Crippen molar-refractivity contribution in [1.82, 2.24) is 4.90 Å². The second-order valence-corrected chi connectivity index (χ2v) is 7.42. The molecule has 0 spiro atoms. The van der Waals surface area contributed by atoms with E-state index >= 15 is 0 Å². The summed E-state index contributed by atoms with van der Waals surface area (Å²) in [4.78, 5) is 2.47. The first-order valence-electron chi connectivity index (χ1n) is 9.55. The minimum absolute atomic E-state index is 0.607. The molecule has 0 bridgehead atoms. The van der Waals surface area contributed by atoms with Gasteiger partial charge in [-0.05, 0) is 79.6 Å². The molecule has 0 saturated carbocycles. The van der Waals surface area contributed by atoms with Crippen molar-refractivity contribution in [3.8, 4) is 5.75 Å². The highest BCUT2D eigenvalue weighted by atomic mass is 16.5. The molecule has 0 radical (unpaired) electrons. The molecule has 0 fully saturated rings. The lowest BCUT2D eigenvalue weighted by molar-refractivity contribution is 0.299. The Labute approximate surface area is 155 Å². The summed E-state index contributed by atoms with van der Waals surface area (Å²) in [5.74, 6) is 1.67. The largest absolute Gasteiger partial charge is 0.496 e. The van der Waals surface area contributed by atoms with Crippen LogP contribution >= 0.6 is 0 Å². The summed E-state index contributed by atoms with van der Waals surface area (Å²) in [6.45, 7) is 2.17. The Kier molecular flexibility index (Phi) is 4.98. The van der Waals surface area contributed by atoms with Crippen LogP contribution in [0.3, 0.4) is 0 Å². The van der Waals surface area contributed by atoms with Crippen LogP contribution in [-0.4, -0.2) is 32.1 Å². The van der Waals surface area contributed by atoms with E-state index in [1.807, 2.05) is 6.07 Å². The van der Waals surface area contributed by atoms with Crippen LogP contribution in [0.4, 0.5) is 0 Å². The molecule has 1 heterocycles. The van der Waals surface area contributed by atoms with Crippen molar-refractivity contribution in [3.63, 3.8) is 0 Å². The van der Waals surface area contributed by atoms with Crippen LogP contribution in [0.25, 0.3) is 11.0 Å². The van der Waals surface area contributed by atoms with Crippen LogP contribution in [0, 0.1) is 0 Å². The van der Waals surface area contributed by atoms with Crippen LogP contribution in [0.1, 0.15) is 35.4 Å². The van der Waals surface area contributed by atoms with Gasteiger partial charge in [0.05, 0.1) is 13.4 Å². The molecule has 1 atom stereocenters. The van der Waals surface area contributed by atoms with Gasteiger partial charge in [0.25, 0.3) is 0 Å². The quantitative estimate of drug-likeness (QED) is 0.624. The van der Waals surface area contributed by atoms with E-state index in [2.05, 4.69) is 48.3 Å². The molecule has 3 heteroatoms. The average Bonchev–Trinajstić information content (AvgIpc) is 3.14. The Hall–Kier alpha value is -2.26. The predicted octanol–water partition coefficient (Wildman–Crippen LogP) is 5.04. The maximum absolute atomic E-state index is 5.58. The zero-order valence-electron chi connectivity index (χ0n) is 15.7. The van der Waals surface area contributed by atoms with E-state index in [9.17, 15) is 0 Å². The minimum atomic E-state index is 0.607. The van der Waals surface area contributed by atoms with Gasteiger partial charge in [0, 0.05) is 18.5 Å². The Morgan fingerprint density at radius 3 is 3.00 bits per heavy atom. The van der Waals surface area contributed by atoms with Crippen molar-refractivity contribution < 1.29 is 9.15 Å². The molecule has 26 heavy (non-hydrogen) atoms. The zero-order chi connectivity index (χ0) is 17.9. The summed E-state index contributed by atoms with van der Waals surface area (Å²) in [6, 6.07) is 15.1. The van der Waals surface area contributed by atoms with E-state index in [0.29, 0.717) is 5.92 Å².